The molecule has 3 nitrogen and oxygen atoms in total. The van der Waals surface area contributed by atoms with Crippen molar-refractivity contribution < 1.29 is 4.79 Å². The van der Waals surface area contributed by atoms with Gasteiger partial charge in [0.25, 0.3) is 0 Å². The molecule has 15 heavy (non-hydrogen) atoms. The molecule has 0 aromatic carbocycles. The lowest BCUT2D eigenvalue weighted by Gasteiger charge is -2.14. The Bertz CT molecular complexity index is 251. The maximum Gasteiger partial charge on any atom is 0.234 e. The minimum absolute atomic E-state index is 0.0487. The highest BCUT2D eigenvalue weighted by atomic mass is 16.1. The molecule has 0 unspecified atom stereocenters. The predicted molar refractivity (Wildman–Crippen MR) is 61.3 cm³/mol. The summed E-state index contributed by atoms with van der Waals surface area (Å²) in [6.07, 6.45) is 10.0. The molecule has 1 fully saturated rings. The fraction of sp³-hybridized carbons (Fsp3) is 0.750. The van der Waals surface area contributed by atoms with Gasteiger partial charge in [-0.2, -0.15) is 0 Å². The van der Waals surface area contributed by atoms with E-state index in [0.717, 1.165) is 6.54 Å². The van der Waals surface area contributed by atoms with Crippen LogP contribution in [0.25, 0.3) is 0 Å². The van der Waals surface area contributed by atoms with Crippen LogP contribution in [0.1, 0.15) is 32.6 Å². The molecule has 0 radical (unpaired) electrons. The Labute approximate surface area is 92.0 Å². The second-order valence-electron chi connectivity index (χ2n) is 4.33. The molecular weight excluding hydrogens is 188 g/mol. The van der Waals surface area contributed by atoms with E-state index in [0.29, 0.717) is 18.5 Å². The fourth-order valence-electron chi connectivity index (χ4n) is 1.82. The van der Waals surface area contributed by atoms with Crippen LogP contribution in [0.3, 0.4) is 0 Å². The van der Waals surface area contributed by atoms with Crippen molar-refractivity contribution in [3.63, 3.8) is 0 Å². The SMILES string of the molecule is C#CCNCC(=O)NCC1(CCC)CC1. The van der Waals surface area contributed by atoms with Crippen LogP contribution in [0.4, 0.5) is 0 Å². The molecule has 0 aromatic rings. The second-order valence-corrected chi connectivity index (χ2v) is 4.33. The summed E-state index contributed by atoms with van der Waals surface area (Å²) in [5.74, 6) is 2.49. The Morgan fingerprint density at radius 2 is 2.27 bits per heavy atom. The van der Waals surface area contributed by atoms with Crippen molar-refractivity contribution in [2.24, 2.45) is 5.41 Å². The molecular formula is C12H20N2O. The van der Waals surface area contributed by atoms with E-state index in [2.05, 4.69) is 23.5 Å². The molecule has 0 aromatic heterocycles. The van der Waals surface area contributed by atoms with Gasteiger partial charge < -0.3 is 5.32 Å². The normalized spacial score (nSPS) is 16.8. The lowest BCUT2D eigenvalue weighted by atomic mass is 10.0. The van der Waals surface area contributed by atoms with Gasteiger partial charge in [-0.15, -0.1) is 6.42 Å². The molecule has 3 heteroatoms. The van der Waals surface area contributed by atoms with Crippen molar-refractivity contribution >= 4 is 5.91 Å². The minimum Gasteiger partial charge on any atom is -0.354 e. The average molecular weight is 208 g/mol. The van der Waals surface area contributed by atoms with E-state index in [4.69, 9.17) is 6.42 Å². The first kappa shape index (κ1) is 12.1. The largest absolute Gasteiger partial charge is 0.354 e. The first-order valence-corrected chi connectivity index (χ1v) is 5.63. The van der Waals surface area contributed by atoms with E-state index in [1.165, 1.54) is 25.7 Å². The first-order valence-electron chi connectivity index (χ1n) is 5.63. The topological polar surface area (TPSA) is 41.1 Å². The summed E-state index contributed by atoms with van der Waals surface area (Å²) in [4.78, 5) is 11.4. The Hall–Kier alpha value is -1.01. The number of nitrogens with one attached hydrogen (secondary N) is 2. The highest BCUT2D eigenvalue weighted by molar-refractivity contribution is 5.78. The third-order valence-corrected chi connectivity index (χ3v) is 2.91. The van der Waals surface area contributed by atoms with E-state index in [-0.39, 0.29) is 5.91 Å². The second kappa shape index (κ2) is 5.77. The standard InChI is InChI=1S/C12H20N2O/c1-3-5-12(6-7-12)10-14-11(15)9-13-8-4-2/h2,13H,3,5-10H2,1H3,(H,14,15). The molecule has 0 atom stereocenters. The van der Waals surface area contributed by atoms with E-state index in [1.807, 2.05) is 0 Å². The van der Waals surface area contributed by atoms with Gasteiger partial charge in [-0.3, -0.25) is 10.1 Å². The smallest absolute Gasteiger partial charge is 0.234 e. The van der Waals surface area contributed by atoms with Gasteiger partial charge in [0.15, 0.2) is 0 Å². The molecule has 1 amide bonds. The highest BCUT2D eigenvalue weighted by Gasteiger charge is 2.41. The van der Waals surface area contributed by atoms with Gasteiger partial charge in [0, 0.05) is 6.54 Å². The first-order chi connectivity index (χ1) is 7.22. The van der Waals surface area contributed by atoms with Crippen molar-refractivity contribution in [3.05, 3.63) is 0 Å². The third kappa shape index (κ3) is 4.35. The van der Waals surface area contributed by atoms with Crippen molar-refractivity contribution in [3.8, 4) is 12.3 Å². The number of carbonyl (C=O) groups excluding carboxylic acids is 1. The predicted octanol–water partition coefficient (Wildman–Crippen LogP) is 0.906. The molecule has 0 heterocycles. The Kier molecular flexibility index (Phi) is 4.64. The van der Waals surface area contributed by atoms with Crippen molar-refractivity contribution in [2.45, 2.75) is 32.6 Å². The molecule has 1 aliphatic carbocycles. The number of hydrogen-bond acceptors (Lipinski definition) is 2. The molecule has 0 aliphatic heterocycles. The summed E-state index contributed by atoms with van der Waals surface area (Å²) in [7, 11) is 0. The Balaban J connectivity index is 2.09. The lowest BCUT2D eigenvalue weighted by Crippen LogP contribution is -2.37. The van der Waals surface area contributed by atoms with Gasteiger partial charge in [-0.25, -0.2) is 0 Å². The van der Waals surface area contributed by atoms with Gasteiger partial charge in [-0.1, -0.05) is 19.3 Å². The van der Waals surface area contributed by atoms with Gasteiger partial charge in [0.1, 0.15) is 0 Å². The van der Waals surface area contributed by atoms with Crippen LogP contribution in [0, 0.1) is 17.8 Å². The van der Waals surface area contributed by atoms with Gasteiger partial charge in [0.2, 0.25) is 5.91 Å². The molecule has 0 bridgehead atoms. The lowest BCUT2D eigenvalue weighted by molar-refractivity contribution is -0.120. The van der Waals surface area contributed by atoms with Crippen molar-refractivity contribution in [1.82, 2.24) is 10.6 Å². The summed E-state index contributed by atoms with van der Waals surface area (Å²) < 4.78 is 0. The summed E-state index contributed by atoms with van der Waals surface area (Å²) in [6, 6.07) is 0. The zero-order valence-electron chi connectivity index (χ0n) is 9.44. The van der Waals surface area contributed by atoms with Crippen LogP contribution in [-0.2, 0) is 4.79 Å². The molecule has 1 aliphatic rings. The third-order valence-electron chi connectivity index (χ3n) is 2.91. The van der Waals surface area contributed by atoms with Crippen LogP contribution < -0.4 is 10.6 Å². The quantitative estimate of drug-likeness (QED) is 0.482. The van der Waals surface area contributed by atoms with Gasteiger partial charge >= 0.3 is 0 Å². The maximum absolute atomic E-state index is 11.4. The number of carbonyl (C=O) groups is 1. The molecule has 1 rings (SSSR count). The van der Waals surface area contributed by atoms with E-state index >= 15 is 0 Å². The molecule has 1 saturated carbocycles. The Morgan fingerprint density at radius 3 is 2.80 bits per heavy atom. The van der Waals surface area contributed by atoms with Gasteiger partial charge in [-0.05, 0) is 24.7 Å². The fourth-order valence-corrected chi connectivity index (χ4v) is 1.82. The van der Waals surface area contributed by atoms with Crippen molar-refractivity contribution in [1.29, 1.82) is 0 Å². The molecule has 2 N–H and O–H groups in total. The van der Waals surface area contributed by atoms with E-state index < -0.39 is 0 Å². The number of hydrogen-bond donors (Lipinski definition) is 2. The van der Waals surface area contributed by atoms with Crippen LogP contribution in [0.15, 0.2) is 0 Å². The number of amides is 1. The van der Waals surface area contributed by atoms with E-state index in [9.17, 15) is 4.79 Å². The van der Waals surface area contributed by atoms with Crippen LogP contribution in [0.5, 0.6) is 0 Å². The van der Waals surface area contributed by atoms with Crippen molar-refractivity contribution in [2.75, 3.05) is 19.6 Å². The zero-order chi connectivity index (χ0) is 11.1. The molecule has 0 spiro atoms. The Morgan fingerprint density at radius 1 is 1.53 bits per heavy atom. The summed E-state index contributed by atoms with van der Waals surface area (Å²) >= 11 is 0. The zero-order valence-corrected chi connectivity index (χ0v) is 9.44. The van der Waals surface area contributed by atoms with Crippen LogP contribution in [0.2, 0.25) is 0 Å². The average Bonchev–Trinajstić information content (AvgIpc) is 2.97. The summed E-state index contributed by atoms with van der Waals surface area (Å²) in [6.45, 7) is 3.80. The van der Waals surface area contributed by atoms with E-state index in [1.54, 1.807) is 0 Å². The highest BCUT2D eigenvalue weighted by Crippen LogP contribution is 2.48. The maximum atomic E-state index is 11.4. The van der Waals surface area contributed by atoms with Gasteiger partial charge in [0.05, 0.1) is 13.1 Å². The molecule has 0 saturated heterocycles. The number of terminal acetylenes is 1. The number of rotatable bonds is 7. The van der Waals surface area contributed by atoms with Crippen LogP contribution >= 0.6 is 0 Å². The monoisotopic (exact) mass is 208 g/mol. The molecule has 84 valence electrons. The summed E-state index contributed by atoms with van der Waals surface area (Å²) in [5, 5.41) is 5.83. The van der Waals surface area contributed by atoms with Crippen LogP contribution in [-0.4, -0.2) is 25.5 Å². The minimum atomic E-state index is 0.0487. The summed E-state index contributed by atoms with van der Waals surface area (Å²) in [5.41, 5.74) is 0.427.